The van der Waals surface area contributed by atoms with Gasteiger partial charge in [-0.15, -0.1) is 11.3 Å². The van der Waals surface area contributed by atoms with Crippen LogP contribution in [0.1, 0.15) is 10.6 Å². The third-order valence-corrected chi connectivity index (χ3v) is 4.24. The van der Waals surface area contributed by atoms with Crippen molar-refractivity contribution in [2.45, 2.75) is 0 Å². The number of hydrogen-bond acceptors (Lipinski definition) is 6. The molecule has 3 aromatic rings. The number of fused-ring (bicyclic) bond motifs is 1. The number of nitro groups is 1. The molecule has 0 aliphatic rings. The van der Waals surface area contributed by atoms with E-state index in [0.717, 1.165) is 10.2 Å². The first-order valence-corrected chi connectivity index (χ1v) is 7.36. The minimum absolute atomic E-state index is 0.00769. The van der Waals surface area contributed by atoms with E-state index in [9.17, 15) is 20.5 Å². The average molecular weight is 323 g/mol. The van der Waals surface area contributed by atoms with E-state index in [0.29, 0.717) is 5.01 Å². The Labute approximate surface area is 134 Å². The predicted octanol–water partition coefficient (Wildman–Crippen LogP) is 4.15. The standard InChI is InChI=1S/C16H9N3O3S/c17-9-12(16-18-13-6-1-2-7-14(13)23-16)15(20)10-4-3-5-11(8-10)19(21)22/h1-8,20H/b15-12+. The number of allylic oxidation sites excluding steroid dienone is 1. The number of benzene rings is 2. The number of para-hydroxylation sites is 1. The van der Waals surface area contributed by atoms with Crippen molar-refractivity contribution in [2.24, 2.45) is 0 Å². The first-order valence-electron chi connectivity index (χ1n) is 6.54. The summed E-state index contributed by atoms with van der Waals surface area (Å²) in [6.07, 6.45) is 0. The van der Waals surface area contributed by atoms with Crippen molar-refractivity contribution in [2.75, 3.05) is 0 Å². The minimum atomic E-state index is -0.555. The van der Waals surface area contributed by atoms with Crippen molar-refractivity contribution in [3.63, 3.8) is 0 Å². The zero-order chi connectivity index (χ0) is 16.4. The number of aromatic nitrogens is 1. The molecule has 1 N–H and O–H groups in total. The second-order valence-electron chi connectivity index (χ2n) is 4.63. The number of hydrogen-bond donors (Lipinski definition) is 1. The molecule has 0 bridgehead atoms. The SMILES string of the molecule is N#C/C(=C(\O)c1cccc([N+](=O)[O-])c1)c1nc2ccccc2s1. The van der Waals surface area contributed by atoms with Gasteiger partial charge < -0.3 is 5.11 Å². The van der Waals surface area contributed by atoms with Crippen molar-refractivity contribution >= 4 is 38.6 Å². The number of rotatable bonds is 3. The van der Waals surface area contributed by atoms with E-state index in [1.165, 1.54) is 35.6 Å². The lowest BCUT2D eigenvalue weighted by Crippen LogP contribution is -1.93. The number of non-ortho nitro benzene ring substituents is 1. The fourth-order valence-electron chi connectivity index (χ4n) is 2.09. The molecule has 0 saturated carbocycles. The van der Waals surface area contributed by atoms with Gasteiger partial charge in [-0.3, -0.25) is 10.1 Å². The maximum absolute atomic E-state index is 10.8. The Hall–Kier alpha value is -3.24. The highest BCUT2D eigenvalue weighted by Gasteiger charge is 2.17. The van der Waals surface area contributed by atoms with E-state index in [1.54, 1.807) is 0 Å². The smallest absolute Gasteiger partial charge is 0.270 e. The normalized spacial score (nSPS) is 11.8. The van der Waals surface area contributed by atoms with E-state index in [1.807, 2.05) is 30.3 Å². The molecule has 0 unspecified atom stereocenters. The van der Waals surface area contributed by atoms with Gasteiger partial charge in [0.05, 0.1) is 15.1 Å². The summed E-state index contributed by atoms with van der Waals surface area (Å²) in [4.78, 5) is 14.6. The molecule has 1 aromatic heterocycles. The summed E-state index contributed by atoms with van der Waals surface area (Å²) >= 11 is 1.28. The molecule has 0 aliphatic heterocycles. The van der Waals surface area contributed by atoms with E-state index in [-0.39, 0.29) is 22.6 Å². The van der Waals surface area contributed by atoms with Crippen molar-refractivity contribution in [1.29, 1.82) is 5.26 Å². The number of aliphatic hydroxyl groups is 1. The largest absolute Gasteiger partial charge is 0.506 e. The minimum Gasteiger partial charge on any atom is -0.506 e. The molecule has 3 rings (SSSR count). The monoisotopic (exact) mass is 323 g/mol. The van der Waals surface area contributed by atoms with Gasteiger partial charge in [0.25, 0.3) is 5.69 Å². The van der Waals surface area contributed by atoms with Crippen LogP contribution in [0.3, 0.4) is 0 Å². The summed E-state index contributed by atoms with van der Waals surface area (Å²) in [6, 6.07) is 14.8. The first kappa shape index (κ1) is 14.7. The zero-order valence-electron chi connectivity index (χ0n) is 11.6. The maximum atomic E-state index is 10.8. The van der Waals surface area contributed by atoms with Gasteiger partial charge in [-0.1, -0.05) is 24.3 Å². The molecule has 23 heavy (non-hydrogen) atoms. The third-order valence-electron chi connectivity index (χ3n) is 3.19. The third kappa shape index (κ3) is 2.75. The summed E-state index contributed by atoms with van der Waals surface area (Å²) in [5, 5.41) is 31.0. The fourth-order valence-corrected chi connectivity index (χ4v) is 3.05. The molecule has 6 nitrogen and oxygen atoms in total. The Morgan fingerprint density at radius 1 is 1.26 bits per heavy atom. The van der Waals surface area contributed by atoms with Crippen molar-refractivity contribution < 1.29 is 10.0 Å². The summed E-state index contributed by atoms with van der Waals surface area (Å²) in [7, 11) is 0. The second kappa shape index (κ2) is 5.87. The van der Waals surface area contributed by atoms with E-state index < -0.39 is 4.92 Å². The predicted molar refractivity (Wildman–Crippen MR) is 87.8 cm³/mol. The quantitative estimate of drug-likeness (QED) is 0.338. The van der Waals surface area contributed by atoms with E-state index in [4.69, 9.17) is 0 Å². The molecule has 0 radical (unpaired) electrons. The van der Waals surface area contributed by atoms with Gasteiger partial charge in [-0.05, 0) is 12.1 Å². The van der Waals surface area contributed by atoms with Gasteiger partial charge in [0, 0.05) is 17.7 Å². The van der Waals surface area contributed by atoms with Crippen LogP contribution in [0.4, 0.5) is 5.69 Å². The Morgan fingerprint density at radius 3 is 2.74 bits per heavy atom. The molecule has 0 spiro atoms. The topological polar surface area (TPSA) is 100 Å². The van der Waals surface area contributed by atoms with Crippen molar-refractivity contribution in [3.8, 4) is 6.07 Å². The van der Waals surface area contributed by atoms with Crippen LogP contribution < -0.4 is 0 Å². The first-order chi connectivity index (χ1) is 11.1. The van der Waals surface area contributed by atoms with Crippen LogP contribution in [0.25, 0.3) is 21.5 Å². The number of nitrogens with zero attached hydrogens (tertiary/aromatic N) is 3. The van der Waals surface area contributed by atoms with Crippen LogP contribution in [0.15, 0.2) is 48.5 Å². The lowest BCUT2D eigenvalue weighted by Gasteiger charge is -2.02. The number of aliphatic hydroxyl groups excluding tert-OH is 1. The van der Waals surface area contributed by atoms with Gasteiger partial charge in [0.1, 0.15) is 22.4 Å². The van der Waals surface area contributed by atoms with Crippen LogP contribution in [-0.2, 0) is 0 Å². The zero-order valence-corrected chi connectivity index (χ0v) is 12.4. The molecule has 0 aliphatic carbocycles. The Morgan fingerprint density at radius 2 is 2.04 bits per heavy atom. The van der Waals surface area contributed by atoms with Gasteiger partial charge in [0.15, 0.2) is 0 Å². The fraction of sp³-hybridized carbons (Fsp3) is 0. The molecule has 7 heteroatoms. The number of nitriles is 1. The summed E-state index contributed by atoms with van der Waals surface area (Å²) in [5.74, 6) is -0.324. The molecule has 1 heterocycles. The molecule has 0 amide bonds. The van der Waals surface area contributed by atoms with Crippen molar-refractivity contribution in [1.82, 2.24) is 4.98 Å². The van der Waals surface area contributed by atoms with Crippen LogP contribution in [0, 0.1) is 21.4 Å². The highest BCUT2D eigenvalue weighted by molar-refractivity contribution is 7.19. The molecule has 0 saturated heterocycles. The van der Waals surface area contributed by atoms with E-state index >= 15 is 0 Å². The number of thiazole rings is 1. The summed E-state index contributed by atoms with van der Waals surface area (Å²) in [6.45, 7) is 0. The van der Waals surface area contributed by atoms with Crippen LogP contribution in [0.2, 0.25) is 0 Å². The Kier molecular flexibility index (Phi) is 3.75. The van der Waals surface area contributed by atoms with Gasteiger partial charge >= 0.3 is 0 Å². The lowest BCUT2D eigenvalue weighted by atomic mass is 10.1. The van der Waals surface area contributed by atoms with Crippen LogP contribution in [-0.4, -0.2) is 15.0 Å². The molecule has 2 aromatic carbocycles. The Balaban J connectivity index is 2.14. The summed E-state index contributed by atoms with van der Waals surface area (Å²) < 4.78 is 0.891. The second-order valence-corrected chi connectivity index (χ2v) is 5.66. The molecular formula is C16H9N3O3S. The van der Waals surface area contributed by atoms with Crippen LogP contribution in [0.5, 0.6) is 0 Å². The molecule has 0 atom stereocenters. The van der Waals surface area contributed by atoms with E-state index in [2.05, 4.69) is 4.98 Å². The highest BCUT2D eigenvalue weighted by Crippen LogP contribution is 2.31. The Bertz CT molecular complexity index is 952. The van der Waals surface area contributed by atoms with Gasteiger partial charge in [-0.25, -0.2) is 4.98 Å². The molecular weight excluding hydrogens is 314 g/mol. The summed E-state index contributed by atoms with van der Waals surface area (Å²) in [5.41, 5.74) is 0.768. The maximum Gasteiger partial charge on any atom is 0.270 e. The van der Waals surface area contributed by atoms with Gasteiger partial charge in [0.2, 0.25) is 0 Å². The number of nitro benzene ring substituents is 1. The molecule has 112 valence electrons. The molecule has 0 fully saturated rings. The van der Waals surface area contributed by atoms with Crippen molar-refractivity contribution in [3.05, 3.63) is 69.2 Å². The highest BCUT2D eigenvalue weighted by atomic mass is 32.1. The van der Waals surface area contributed by atoms with Crippen LogP contribution >= 0.6 is 11.3 Å². The van der Waals surface area contributed by atoms with Gasteiger partial charge in [-0.2, -0.15) is 5.26 Å². The lowest BCUT2D eigenvalue weighted by molar-refractivity contribution is -0.384. The average Bonchev–Trinajstić information content (AvgIpc) is 2.99.